The van der Waals surface area contributed by atoms with Crippen LogP contribution in [0.25, 0.3) is 0 Å². The van der Waals surface area contributed by atoms with Gasteiger partial charge in [-0.05, 0) is 52.1 Å². The van der Waals surface area contributed by atoms with Gasteiger partial charge in [-0.2, -0.15) is 0 Å². The van der Waals surface area contributed by atoms with Gasteiger partial charge in [0, 0.05) is 18.1 Å². The van der Waals surface area contributed by atoms with Crippen LogP contribution in [0.5, 0.6) is 0 Å². The molecule has 16 heavy (non-hydrogen) atoms. The fourth-order valence-corrected chi connectivity index (χ4v) is 2.85. The lowest BCUT2D eigenvalue weighted by Gasteiger charge is -2.36. The molecule has 2 atom stereocenters. The Labute approximate surface area is 101 Å². The molecule has 2 fully saturated rings. The van der Waals surface area contributed by atoms with E-state index in [9.17, 15) is 0 Å². The molecule has 2 nitrogen and oxygen atoms in total. The normalized spacial score (nSPS) is 34.7. The van der Waals surface area contributed by atoms with Crippen molar-refractivity contribution in [3.63, 3.8) is 0 Å². The first-order valence-electron chi connectivity index (χ1n) is 7.12. The summed E-state index contributed by atoms with van der Waals surface area (Å²) in [6.07, 6.45) is 6.95. The van der Waals surface area contributed by atoms with Gasteiger partial charge in [-0.15, -0.1) is 0 Å². The van der Waals surface area contributed by atoms with Crippen molar-refractivity contribution in [2.45, 2.75) is 64.5 Å². The van der Waals surface area contributed by atoms with Crippen LogP contribution in [-0.4, -0.2) is 36.1 Å². The van der Waals surface area contributed by atoms with Crippen molar-refractivity contribution in [3.05, 3.63) is 0 Å². The summed E-state index contributed by atoms with van der Waals surface area (Å²) in [5.41, 5.74) is 0.342. The molecular weight excluding hydrogens is 196 g/mol. The van der Waals surface area contributed by atoms with E-state index in [1.165, 1.54) is 51.7 Å². The molecule has 1 aliphatic carbocycles. The third-order valence-corrected chi connectivity index (χ3v) is 4.50. The molecule has 0 spiro atoms. The number of nitrogens with one attached hydrogen (secondary N) is 1. The van der Waals surface area contributed by atoms with Crippen molar-refractivity contribution in [3.8, 4) is 0 Å². The topological polar surface area (TPSA) is 15.3 Å². The second-order valence-electron chi connectivity index (χ2n) is 6.19. The predicted molar refractivity (Wildman–Crippen MR) is 69.7 cm³/mol. The van der Waals surface area contributed by atoms with E-state index < -0.39 is 0 Å². The summed E-state index contributed by atoms with van der Waals surface area (Å²) in [4.78, 5) is 2.72. The van der Waals surface area contributed by atoms with Gasteiger partial charge in [0.1, 0.15) is 0 Å². The van der Waals surface area contributed by atoms with Crippen molar-refractivity contribution >= 4 is 0 Å². The maximum atomic E-state index is 3.72. The van der Waals surface area contributed by atoms with Gasteiger partial charge in [-0.3, -0.25) is 4.90 Å². The zero-order chi connectivity index (χ0) is 11.6. The average Bonchev–Trinajstić information content (AvgIpc) is 3.06. The summed E-state index contributed by atoms with van der Waals surface area (Å²) < 4.78 is 0. The minimum absolute atomic E-state index is 0.342. The molecule has 94 valence electrons. The molecule has 0 bridgehead atoms. The minimum atomic E-state index is 0.342. The van der Waals surface area contributed by atoms with Crippen LogP contribution in [0.4, 0.5) is 0 Å². The third-order valence-electron chi connectivity index (χ3n) is 4.50. The summed E-state index contributed by atoms with van der Waals surface area (Å²) in [5.74, 6) is 1.05. The lowest BCUT2D eigenvalue weighted by Crippen LogP contribution is -2.50. The molecule has 0 radical (unpaired) electrons. The van der Waals surface area contributed by atoms with Gasteiger partial charge < -0.3 is 5.32 Å². The predicted octanol–water partition coefficient (Wildman–Crippen LogP) is 2.64. The molecule has 0 aromatic heterocycles. The zero-order valence-corrected chi connectivity index (χ0v) is 11.3. The highest BCUT2D eigenvalue weighted by atomic mass is 15.2. The van der Waals surface area contributed by atoms with Crippen LogP contribution >= 0.6 is 0 Å². The summed E-state index contributed by atoms with van der Waals surface area (Å²) >= 11 is 0. The van der Waals surface area contributed by atoms with E-state index in [0.29, 0.717) is 5.54 Å². The van der Waals surface area contributed by atoms with Crippen LogP contribution < -0.4 is 5.32 Å². The van der Waals surface area contributed by atoms with E-state index in [2.05, 4.69) is 31.0 Å². The van der Waals surface area contributed by atoms with Crippen molar-refractivity contribution in [1.82, 2.24) is 10.2 Å². The molecule has 0 aromatic carbocycles. The summed E-state index contributed by atoms with van der Waals surface area (Å²) in [7, 11) is 0. The molecular formula is C14H28N2. The monoisotopic (exact) mass is 224 g/mol. The van der Waals surface area contributed by atoms with E-state index >= 15 is 0 Å². The highest BCUT2D eigenvalue weighted by Gasteiger charge is 2.31. The highest BCUT2D eigenvalue weighted by molar-refractivity contribution is 4.90. The van der Waals surface area contributed by atoms with E-state index in [1.54, 1.807) is 0 Å². The maximum Gasteiger partial charge on any atom is 0.0277 e. The van der Waals surface area contributed by atoms with E-state index in [4.69, 9.17) is 0 Å². The Morgan fingerprint density at radius 3 is 2.81 bits per heavy atom. The first kappa shape index (κ1) is 12.4. The van der Waals surface area contributed by atoms with Crippen molar-refractivity contribution in [2.75, 3.05) is 19.6 Å². The molecule has 1 heterocycles. The molecule has 1 N–H and O–H groups in total. The Morgan fingerprint density at radius 1 is 1.44 bits per heavy atom. The fourth-order valence-electron chi connectivity index (χ4n) is 2.85. The van der Waals surface area contributed by atoms with Crippen molar-refractivity contribution in [2.24, 2.45) is 5.92 Å². The molecule has 2 unspecified atom stereocenters. The first-order chi connectivity index (χ1) is 7.63. The number of hydrogen-bond acceptors (Lipinski definition) is 2. The second kappa shape index (κ2) is 5.05. The maximum absolute atomic E-state index is 3.72. The standard InChI is InChI=1S/C14H28N2/c1-4-14(3)11-16(9-5-8-15-14)12(2)10-13-6-7-13/h12-13,15H,4-11H2,1-3H3. The summed E-state index contributed by atoms with van der Waals surface area (Å²) in [6, 6.07) is 0.790. The Balaban J connectivity index is 1.90. The average molecular weight is 224 g/mol. The Bertz CT molecular complexity index is 225. The van der Waals surface area contributed by atoms with E-state index in [-0.39, 0.29) is 0 Å². The SMILES string of the molecule is CCC1(C)CN(C(C)CC2CC2)CCCN1. The van der Waals surface area contributed by atoms with Gasteiger partial charge in [0.15, 0.2) is 0 Å². The molecule has 0 amide bonds. The highest BCUT2D eigenvalue weighted by Crippen LogP contribution is 2.35. The summed E-state index contributed by atoms with van der Waals surface area (Å²) in [5, 5.41) is 3.72. The van der Waals surface area contributed by atoms with Crippen LogP contribution in [0.15, 0.2) is 0 Å². The van der Waals surface area contributed by atoms with Crippen LogP contribution in [0.3, 0.4) is 0 Å². The lowest BCUT2D eigenvalue weighted by molar-refractivity contribution is 0.158. The number of rotatable bonds is 4. The lowest BCUT2D eigenvalue weighted by atomic mass is 9.97. The second-order valence-corrected chi connectivity index (χ2v) is 6.19. The quantitative estimate of drug-likeness (QED) is 0.790. The van der Waals surface area contributed by atoms with Gasteiger partial charge in [0.05, 0.1) is 0 Å². The summed E-state index contributed by atoms with van der Waals surface area (Å²) in [6.45, 7) is 10.8. The molecule has 2 heteroatoms. The first-order valence-corrected chi connectivity index (χ1v) is 7.12. The van der Waals surface area contributed by atoms with E-state index in [0.717, 1.165) is 12.0 Å². The minimum Gasteiger partial charge on any atom is -0.310 e. The Morgan fingerprint density at radius 2 is 2.19 bits per heavy atom. The van der Waals surface area contributed by atoms with Gasteiger partial charge in [0.25, 0.3) is 0 Å². The third kappa shape index (κ3) is 3.21. The number of hydrogen-bond donors (Lipinski definition) is 1. The van der Waals surface area contributed by atoms with Gasteiger partial charge in [-0.1, -0.05) is 19.8 Å². The smallest absolute Gasteiger partial charge is 0.0277 e. The molecule has 1 saturated carbocycles. The van der Waals surface area contributed by atoms with Gasteiger partial charge in [0.2, 0.25) is 0 Å². The molecule has 1 saturated heterocycles. The van der Waals surface area contributed by atoms with Crippen LogP contribution in [0, 0.1) is 5.92 Å². The molecule has 2 rings (SSSR count). The Kier molecular flexibility index (Phi) is 3.91. The molecule has 2 aliphatic rings. The molecule has 1 aliphatic heterocycles. The van der Waals surface area contributed by atoms with E-state index in [1.807, 2.05) is 0 Å². The zero-order valence-electron chi connectivity index (χ0n) is 11.3. The fraction of sp³-hybridized carbons (Fsp3) is 1.00. The largest absolute Gasteiger partial charge is 0.310 e. The molecule has 0 aromatic rings. The van der Waals surface area contributed by atoms with Crippen LogP contribution in [0.1, 0.15) is 52.9 Å². The van der Waals surface area contributed by atoms with Crippen LogP contribution in [0.2, 0.25) is 0 Å². The Hall–Kier alpha value is -0.0800. The van der Waals surface area contributed by atoms with Gasteiger partial charge in [-0.25, -0.2) is 0 Å². The van der Waals surface area contributed by atoms with Gasteiger partial charge >= 0.3 is 0 Å². The van der Waals surface area contributed by atoms with Crippen molar-refractivity contribution in [1.29, 1.82) is 0 Å². The van der Waals surface area contributed by atoms with Crippen LogP contribution in [-0.2, 0) is 0 Å². The van der Waals surface area contributed by atoms with Crippen molar-refractivity contribution < 1.29 is 0 Å². The number of nitrogens with zero attached hydrogens (tertiary/aromatic N) is 1.